The van der Waals surface area contributed by atoms with Crippen molar-refractivity contribution in [3.05, 3.63) is 23.9 Å². The van der Waals surface area contributed by atoms with Gasteiger partial charge in [0.25, 0.3) is 0 Å². The fourth-order valence-electron chi connectivity index (χ4n) is 2.90. The largest absolute Gasteiger partial charge is 0.481 e. The summed E-state index contributed by atoms with van der Waals surface area (Å²) in [5, 5.41) is 6.94. The lowest BCUT2D eigenvalue weighted by molar-refractivity contribution is 0.265. The van der Waals surface area contributed by atoms with Crippen molar-refractivity contribution in [3.8, 4) is 5.88 Å². The van der Waals surface area contributed by atoms with Crippen molar-refractivity contribution < 1.29 is 4.74 Å². The van der Waals surface area contributed by atoms with Gasteiger partial charge in [0.1, 0.15) is 0 Å². The van der Waals surface area contributed by atoms with Gasteiger partial charge >= 0.3 is 0 Å². The van der Waals surface area contributed by atoms with Gasteiger partial charge in [-0.1, -0.05) is 13.0 Å². The summed E-state index contributed by atoms with van der Waals surface area (Å²) >= 11 is 0. The second kappa shape index (κ2) is 10.8. The summed E-state index contributed by atoms with van der Waals surface area (Å²) in [5.41, 5.74) is 1.07. The van der Waals surface area contributed by atoms with Gasteiger partial charge in [0.05, 0.1) is 13.7 Å². The number of nitrogens with zero attached hydrogens (tertiary/aromatic N) is 3. The minimum absolute atomic E-state index is 0. The number of likely N-dealkylation sites (tertiary alicyclic amines) is 1. The molecule has 1 aromatic heterocycles. The first-order valence-electron chi connectivity index (χ1n) is 8.81. The summed E-state index contributed by atoms with van der Waals surface area (Å²) in [6, 6.07) is 4.88. The topological polar surface area (TPSA) is 61.8 Å². The highest BCUT2D eigenvalue weighted by molar-refractivity contribution is 14.0. The lowest BCUT2D eigenvalue weighted by atomic mass is 10.1. The molecule has 1 fully saturated rings. The minimum Gasteiger partial charge on any atom is -0.481 e. The average molecular weight is 461 g/mol. The minimum atomic E-state index is 0. The van der Waals surface area contributed by atoms with Gasteiger partial charge in [0, 0.05) is 44.0 Å². The molecule has 2 N–H and O–H groups in total. The Morgan fingerprint density at radius 1 is 1.40 bits per heavy atom. The summed E-state index contributed by atoms with van der Waals surface area (Å²) in [6.45, 7) is 12.5. The van der Waals surface area contributed by atoms with Gasteiger partial charge in [-0.05, 0) is 32.3 Å². The SMILES string of the molecule is CCNC(=NCc1ccc(OC)nc1)NC1CN(C(C)C)CC1C.I. The summed E-state index contributed by atoms with van der Waals surface area (Å²) < 4.78 is 5.09. The van der Waals surface area contributed by atoms with Crippen molar-refractivity contribution in [2.75, 3.05) is 26.7 Å². The maximum atomic E-state index is 5.09. The van der Waals surface area contributed by atoms with Crippen molar-refractivity contribution in [2.24, 2.45) is 10.9 Å². The first-order chi connectivity index (χ1) is 11.5. The number of hydrogen-bond acceptors (Lipinski definition) is 4. The maximum absolute atomic E-state index is 5.09. The molecule has 0 radical (unpaired) electrons. The molecule has 25 heavy (non-hydrogen) atoms. The number of pyridine rings is 1. The molecule has 1 aliphatic heterocycles. The van der Waals surface area contributed by atoms with Crippen LogP contribution in [0.3, 0.4) is 0 Å². The zero-order valence-corrected chi connectivity index (χ0v) is 18.3. The summed E-state index contributed by atoms with van der Waals surface area (Å²) in [4.78, 5) is 11.4. The van der Waals surface area contributed by atoms with Crippen LogP contribution in [0.15, 0.2) is 23.3 Å². The third-order valence-electron chi connectivity index (χ3n) is 4.46. The number of methoxy groups -OCH3 is 1. The second-order valence-corrected chi connectivity index (χ2v) is 6.68. The number of aromatic nitrogens is 1. The lowest BCUT2D eigenvalue weighted by Crippen LogP contribution is -2.46. The van der Waals surface area contributed by atoms with Crippen LogP contribution in [0.4, 0.5) is 0 Å². The highest BCUT2D eigenvalue weighted by atomic mass is 127. The van der Waals surface area contributed by atoms with E-state index < -0.39 is 0 Å². The molecule has 0 saturated carbocycles. The van der Waals surface area contributed by atoms with Gasteiger partial charge in [-0.2, -0.15) is 0 Å². The number of halogens is 1. The zero-order chi connectivity index (χ0) is 17.5. The molecule has 6 nitrogen and oxygen atoms in total. The predicted octanol–water partition coefficient (Wildman–Crippen LogP) is 2.49. The molecule has 0 amide bonds. The van der Waals surface area contributed by atoms with E-state index in [2.05, 4.69) is 48.2 Å². The van der Waals surface area contributed by atoms with E-state index in [0.29, 0.717) is 30.4 Å². The Kier molecular flexibility index (Phi) is 9.48. The quantitative estimate of drug-likeness (QED) is 0.387. The van der Waals surface area contributed by atoms with Gasteiger partial charge in [0.15, 0.2) is 5.96 Å². The van der Waals surface area contributed by atoms with Crippen LogP contribution in [-0.2, 0) is 6.54 Å². The van der Waals surface area contributed by atoms with E-state index in [0.717, 1.165) is 31.2 Å². The summed E-state index contributed by atoms with van der Waals surface area (Å²) in [6.07, 6.45) is 1.81. The molecule has 1 aromatic rings. The Balaban J connectivity index is 0.00000312. The Morgan fingerprint density at radius 2 is 2.16 bits per heavy atom. The third kappa shape index (κ3) is 6.62. The summed E-state index contributed by atoms with van der Waals surface area (Å²) in [5.74, 6) is 2.11. The van der Waals surface area contributed by atoms with E-state index >= 15 is 0 Å². The highest BCUT2D eigenvalue weighted by Crippen LogP contribution is 2.18. The molecule has 142 valence electrons. The molecule has 2 heterocycles. The molecule has 7 heteroatoms. The molecule has 0 aliphatic carbocycles. The second-order valence-electron chi connectivity index (χ2n) is 6.68. The molecule has 0 spiro atoms. The molecule has 1 aliphatic rings. The van der Waals surface area contributed by atoms with E-state index in [1.54, 1.807) is 7.11 Å². The lowest BCUT2D eigenvalue weighted by Gasteiger charge is -2.22. The van der Waals surface area contributed by atoms with Gasteiger partial charge in [-0.25, -0.2) is 9.98 Å². The number of aliphatic imine (C=N–C) groups is 1. The molecule has 1 saturated heterocycles. The standard InChI is InChI=1S/C18H31N5O.HI/c1-6-19-18(21-10-15-7-8-17(24-5)20-9-15)22-16-12-23(13(2)3)11-14(16)4;/h7-9,13-14,16H,6,10-12H2,1-5H3,(H2,19,21,22);1H. The van der Waals surface area contributed by atoms with Gasteiger partial charge in [-0.15, -0.1) is 24.0 Å². The fourth-order valence-corrected chi connectivity index (χ4v) is 2.90. The van der Waals surface area contributed by atoms with Crippen LogP contribution < -0.4 is 15.4 Å². The van der Waals surface area contributed by atoms with E-state index in [-0.39, 0.29) is 24.0 Å². The van der Waals surface area contributed by atoms with Crippen molar-refractivity contribution >= 4 is 29.9 Å². The normalized spacial score (nSPS) is 21.1. The number of nitrogens with one attached hydrogen (secondary N) is 2. The number of ether oxygens (including phenoxy) is 1. The third-order valence-corrected chi connectivity index (χ3v) is 4.46. The number of rotatable bonds is 6. The van der Waals surface area contributed by atoms with Gasteiger partial charge < -0.3 is 15.4 Å². The molecule has 0 bridgehead atoms. The Morgan fingerprint density at radius 3 is 2.68 bits per heavy atom. The highest BCUT2D eigenvalue weighted by Gasteiger charge is 2.31. The molecule has 2 unspecified atom stereocenters. The molecule has 2 atom stereocenters. The zero-order valence-electron chi connectivity index (χ0n) is 16.0. The van der Waals surface area contributed by atoms with Crippen molar-refractivity contribution in [3.63, 3.8) is 0 Å². The Labute approximate surface area is 168 Å². The van der Waals surface area contributed by atoms with Crippen molar-refractivity contribution in [1.82, 2.24) is 20.5 Å². The van der Waals surface area contributed by atoms with Crippen molar-refractivity contribution in [2.45, 2.75) is 46.3 Å². The number of hydrogen-bond donors (Lipinski definition) is 2. The monoisotopic (exact) mass is 461 g/mol. The molecule has 0 aromatic carbocycles. The molecular formula is C18H32IN5O. The maximum Gasteiger partial charge on any atom is 0.212 e. The van der Waals surface area contributed by atoms with Crippen LogP contribution in [0.1, 0.15) is 33.3 Å². The van der Waals surface area contributed by atoms with Crippen LogP contribution in [0.25, 0.3) is 0 Å². The first kappa shape index (κ1) is 22.0. The predicted molar refractivity (Wildman–Crippen MR) is 114 cm³/mol. The molecule has 2 rings (SSSR count). The Hall–Kier alpha value is -1.09. The number of guanidine groups is 1. The van der Waals surface area contributed by atoms with Gasteiger partial charge in [-0.3, -0.25) is 4.90 Å². The van der Waals surface area contributed by atoms with E-state index in [9.17, 15) is 0 Å². The van der Waals surface area contributed by atoms with Crippen LogP contribution in [0.2, 0.25) is 0 Å². The van der Waals surface area contributed by atoms with Crippen LogP contribution in [0, 0.1) is 5.92 Å². The Bertz CT molecular complexity index is 535. The first-order valence-corrected chi connectivity index (χ1v) is 8.81. The smallest absolute Gasteiger partial charge is 0.212 e. The summed E-state index contributed by atoms with van der Waals surface area (Å²) in [7, 11) is 1.62. The fraction of sp³-hybridized carbons (Fsp3) is 0.667. The van der Waals surface area contributed by atoms with E-state index in [4.69, 9.17) is 9.73 Å². The van der Waals surface area contributed by atoms with Crippen LogP contribution >= 0.6 is 24.0 Å². The molecular weight excluding hydrogens is 429 g/mol. The van der Waals surface area contributed by atoms with Crippen molar-refractivity contribution in [1.29, 1.82) is 0 Å². The van der Waals surface area contributed by atoms with Crippen LogP contribution in [0.5, 0.6) is 5.88 Å². The van der Waals surface area contributed by atoms with Gasteiger partial charge in [0.2, 0.25) is 5.88 Å². The average Bonchev–Trinajstić information content (AvgIpc) is 2.94. The van der Waals surface area contributed by atoms with E-state index in [1.807, 2.05) is 18.3 Å². The van der Waals surface area contributed by atoms with E-state index in [1.165, 1.54) is 0 Å². The van der Waals surface area contributed by atoms with Crippen LogP contribution in [-0.4, -0.2) is 54.7 Å².